The zero-order valence-corrected chi connectivity index (χ0v) is 7.15. The van der Waals surface area contributed by atoms with Gasteiger partial charge >= 0.3 is 0 Å². The van der Waals surface area contributed by atoms with Crippen LogP contribution in [0.25, 0.3) is 0 Å². The summed E-state index contributed by atoms with van der Waals surface area (Å²) in [6.45, 7) is 6.62. The van der Waals surface area contributed by atoms with Gasteiger partial charge in [0.15, 0.2) is 0 Å². The van der Waals surface area contributed by atoms with Crippen LogP contribution in [0.15, 0.2) is 0 Å². The summed E-state index contributed by atoms with van der Waals surface area (Å²) in [6.07, 6.45) is 5.16. The van der Waals surface area contributed by atoms with Gasteiger partial charge in [0.25, 0.3) is 0 Å². The third-order valence-corrected chi connectivity index (χ3v) is 2.77. The Labute approximate surface area is 63.8 Å². The highest BCUT2D eigenvalue weighted by Gasteiger charge is 2.22. The molecule has 1 atom stereocenters. The lowest BCUT2D eigenvalue weighted by Gasteiger charge is -2.24. The molecule has 1 aliphatic heterocycles. The maximum Gasteiger partial charge on any atom is 0.0471 e. The minimum atomic E-state index is 0.580. The molecule has 0 aliphatic carbocycles. The number of hydrogen-bond donors (Lipinski definition) is 0. The highest BCUT2D eigenvalue weighted by atomic mass is 16.5. The first-order valence-corrected chi connectivity index (χ1v) is 4.35. The molecule has 1 nitrogen and oxygen atoms in total. The first kappa shape index (κ1) is 8.06. The van der Waals surface area contributed by atoms with E-state index in [0.717, 1.165) is 13.2 Å². The van der Waals surface area contributed by atoms with Gasteiger partial charge in [0.05, 0.1) is 0 Å². The summed E-state index contributed by atoms with van der Waals surface area (Å²) in [5, 5.41) is 0. The van der Waals surface area contributed by atoms with E-state index in [9.17, 15) is 0 Å². The van der Waals surface area contributed by atoms with Crippen molar-refractivity contribution < 1.29 is 4.74 Å². The first-order chi connectivity index (χ1) is 4.77. The summed E-state index contributed by atoms with van der Waals surface area (Å²) in [5.41, 5.74) is 0.580. The molecular weight excluding hydrogens is 124 g/mol. The smallest absolute Gasteiger partial charge is 0.0471 e. The monoisotopic (exact) mass is 142 g/mol. The number of rotatable bonds is 1. The molecule has 0 radical (unpaired) electrons. The molecule has 1 heterocycles. The summed E-state index contributed by atoms with van der Waals surface area (Å²) >= 11 is 0. The highest BCUT2D eigenvalue weighted by Crippen LogP contribution is 2.32. The van der Waals surface area contributed by atoms with Gasteiger partial charge in [-0.15, -0.1) is 0 Å². The zero-order chi connectivity index (χ0) is 7.45. The molecule has 1 heteroatoms. The van der Waals surface area contributed by atoms with Crippen molar-refractivity contribution in [3.8, 4) is 0 Å². The van der Waals surface area contributed by atoms with E-state index in [4.69, 9.17) is 4.74 Å². The van der Waals surface area contributed by atoms with Crippen LogP contribution in [0, 0.1) is 5.41 Å². The topological polar surface area (TPSA) is 9.23 Å². The van der Waals surface area contributed by atoms with Crippen molar-refractivity contribution in [2.45, 2.75) is 39.5 Å². The lowest BCUT2D eigenvalue weighted by atomic mass is 9.81. The number of ether oxygens (including phenoxy) is 1. The summed E-state index contributed by atoms with van der Waals surface area (Å²) in [7, 11) is 0. The molecule has 1 fully saturated rings. The quantitative estimate of drug-likeness (QED) is 0.547. The van der Waals surface area contributed by atoms with Crippen LogP contribution in [0.5, 0.6) is 0 Å². The Morgan fingerprint density at radius 2 is 2.10 bits per heavy atom. The van der Waals surface area contributed by atoms with E-state index in [1.54, 1.807) is 0 Å². The minimum absolute atomic E-state index is 0.580. The lowest BCUT2D eigenvalue weighted by Crippen LogP contribution is -2.14. The van der Waals surface area contributed by atoms with Crippen molar-refractivity contribution in [3.05, 3.63) is 0 Å². The van der Waals surface area contributed by atoms with E-state index < -0.39 is 0 Å². The van der Waals surface area contributed by atoms with E-state index in [-0.39, 0.29) is 0 Å². The summed E-state index contributed by atoms with van der Waals surface area (Å²) < 4.78 is 5.39. The van der Waals surface area contributed by atoms with E-state index in [1.165, 1.54) is 25.7 Å². The zero-order valence-electron chi connectivity index (χ0n) is 7.15. The van der Waals surface area contributed by atoms with Gasteiger partial charge in [-0.2, -0.15) is 0 Å². The Kier molecular flexibility index (Phi) is 2.72. The molecule has 1 saturated heterocycles. The summed E-state index contributed by atoms with van der Waals surface area (Å²) in [4.78, 5) is 0. The van der Waals surface area contributed by atoms with Crippen LogP contribution in [-0.2, 0) is 4.74 Å². The molecule has 0 aromatic heterocycles. The summed E-state index contributed by atoms with van der Waals surface area (Å²) in [5.74, 6) is 0. The maximum absolute atomic E-state index is 5.39. The van der Waals surface area contributed by atoms with Crippen LogP contribution in [0.2, 0.25) is 0 Å². The second-order valence-corrected chi connectivity index (χ2v) is 3.63. The average molecular weight is 142 g/mol. The van der Waals surface area contributed by atoms with Crippen LogP contribution in [-0.4, -0.2) is 13.2 Å². The fourth-order valence-electron chi connectivity index (χ4n) is 1.50. The van der Waals surface area contributed by atoms with Crippen LogP contribution in [0.4, 0.5) is 0 Å². The summed E-state index contributed by atoms with van der Waals surface area (Å²) in [6, 6.07) is 0. The van der Waals surface area contributed by atoms with Crippen molar-refractivity contribution in [2.75, 3.05) is 13.2 Å². The molecule has 10 heavy (non-hydrogen) atoms. The molecule has 1 rings (SSSR count). The Morgan fingerprint density at radius 3 is 2.80 bits per heavy atom. The molecule has 0 saturated carbocycles. The second-order valence-electron chi connectivity index (χ2n) is 3.63. The molecule has 0 amide bonds. The van der Waals surface area contributed by atoms with Gasteiger partial charge in [-0.05, 0) is 24.7 Å². The fraction of sp³-hybridized carbons (Fsp3) is 1.00. The van der Waals surface area contributed by atoms with Crippen LogP contribution < -0.4 is 0 Å². The number of hydrogen-bond acceptors (Lipinski definition) is 1. The van der Waals surface area contributed by atoms with Crippen molar-refractivity contribution in [1.29, 1.82) is 0 Å². The van der Waals surface area contributed by atoms with Crippen LogP contribution >= 0.6 is 0 Å². The fourth-order valence-corrected chi connectivity index (χ4v) is 1.50. The third kappa shape index (κ3) is 1.98. The molecule has 0 bridgehead atoms. The Morgan fingerprint density at radius 1 is 1.30 bits per heavy atom. The Bertz CT molecular complexity index is 90.9. The molecule has 0 aromatic rings. The largest absolute Gasteiger partial charge is 0.381 e. The normalized spacial score (nSPS) is 35.4. The SMILES string of the molecule is CCC1(C)CCCOCC1. The Hall–Kier alpha value is -0.0400. The first-order valence-electron chi connectivity index (χ1n) is 4.35. The van der Waals surface area contributed by atoms with Gasteiger partial charge < -0.3 is 4.74 Å². The van der Waals surface area contributed by atoms with Crippen molar-refractivity contribution in [2.24, 2.45) is 5.41 Å². The van der Waals surface area contributed by atoms with Crippen LogP contribution in [0.1, 0.15) is 39.5 Å². The molecule has 0 N–H and O–H groups in total. The van der Waals surface area contributed by atoms with Crippen molar-refractivity contribution >= 4 is 0 Å². The van der Waals surface area contributed by atoms with Gasteiger partial charge in [-0.25, -0.2) is 0 Å². The Balaban J connectivity index is 2.41. The molecule has 1 unspecified atom stereocenters. The lowest BCUT2D eigenvalue weighted by molar-refractivity contribution is 0.133. The molecule has 60 valence electrons. The van der Waals surface area contributed by atoms with Crippen molar-refractivity contribution in [3.63, 3.8) is 0 Å². The van der Waals surface area contributed by atoms with Gasteiger partial charge in [-0.1, -0.05) is 20.3 Å². The minimum Gasteiger partial charge on any atom is -0.381 e. The van der Waals surface area contributed by atoms with E-state index >= 15 is 0 Å². The second kappa shape index (κ2) is 3.38. The highest BCUT2D eigenvalue weighted by molar-refractivity contribution is 4.74. The maximum atomic E-state index is 5.39. The van der Waals surface area contributed by atoms with E-state index in [2.05, 4.69) is 13.8 Å². The predicted octanol–water partition coefficient (Wildman–Crippen LogP) is 2.60. The molecule has 0 spiro atoms. The van der Waals surface area contributed by atoms with Crippen molar-refractivity contribution in [1.82, 2.24) is 0 Å². The van der Waals surface area contributed by atoms with Gasteiger partial charge in [-0.3, -0.25) is 0 Å². The molecule has 1 aliphatic rings. The standard InChI is InChI=1S/C9H18O/c1-3-9(2)5-4-7-10-8-6-9/h3-8H2,1-2H3. The van der Waals surface area contributed by atoms with Gasteiger partial charge in [0.2, 0.25) is 0 Å². The predicted molar refractivity (Wildman–Crippen MR) is 43.1 cm³/mol. The van der Waals surface area contributed by atoms with E-state index in [0.29, 0.717) is 5.41 Å². The van der Waals surface area contributed by atoms with Crippen LogP contribution in [0.3, 0.4) is 0 Å². The average Bonchev–Trinajstić information content (AvgIpc) is 2.15. The van der Waals surface area contributed by atoms with Gasteiger partial charge in [0.1, 0.15) is 0 Å². The van der Waals surface area contributed by atoms with Gasteiger partial charge in [0, 0.05) is 13.2 Å². The van der Waals surface area contributed by atoms with E-state index in [1.807, 2.05) is 0 Å². The molecular formula is C9H18O. The molecule has 0 aromatic carbocycles. The third-order valence-electron chi connectivity index (χ3n) is 2.77.